The van der Waals surface area contributed by atoms with Gasteiger partial charge in [0.2, 0.25) is 0 Å². The predicted molar refractivity (Wildman–Crippen MR) is 135 cm³/mol. The van der Waals surface area contributed by atoms with Gasteiger partial charge in [0.1, 0.15) is 5.75 Å². The molecule has 1 heterocycles. The van der Waals surface area contributed by atoms with Crippen molar-refractivity contribution in [1.82, 2.24) is 5.32 Å². The van der Waals surface area contributed by atoms with E-state index >= 15 is 0 Å². The third kappa shape index (κ3) is 8.42. The maximum atomic E-state index is 8.59. The normalized spacial score (nSPS) is 22.3. The Hall–Kier alpha value is -0.480. The second-order valence-corrected chi connectivity index (χ2v) is 11.9. The van der Waals surface area contributed by atoms with Crippen LogP contribution in [0.4, 0.5) is 0 Å². The van der Waals surface area contributed by atoms with E-state index in [1.165, 1.54) is 31.2 Å². The molecule has 0 radical (unpaired) electrons. The van der Waals surface area contributed by atoms with Gasteiger partial charge in [0.05, 0.1) is 42.3 Å². The summed E-state index contributed by atoms with van der Waals surface area (Å²) in [6.45, 7) is 9.06. The third-order valence-electron chi connectivity index (χ3n) is 5.22. The Morgan fingerprint density at radius 1 is 1.16 bits per heavy atom. The van der Waals surface area contributed by atoms with E-state index in [2.05, 4.69) is 51.2 Å². The second-order valence-electron chi connectivity index (χ2n) is 8.50. The molecule has 174 valence electrons. The van der Waals surface area contributed by atoms with Crippen LogP contribution < -0.4 is 10.1 Å². The number of ether oxygens (including phenoxy) is 1. The molecule has 1 aromatic rings. The molecule has 8 heteroatoms. The summed E-state index contributed by atoms with van der Waals surface area (Å²) < 4.78 is 17.2. The molecule has 3 rings (SSSR count). The molecule has 1 saturated carbocycles. The van der Waals surface area contributed by atoms with E-state index in [0.29, 0.717) is 30.4 Å². The fourth-order valence-corrected chi connectivity index (χ4v) is 8.96. The summed E-state index contributed by atoms with van der Waals surface area (Å²) in [7, 11) is 5.62. The van der Waals surface area contributed by atoms with E-state index in [4.69, 9.17) is 19.0 Å². The number of hydrogen-bond donors (Lipinski definition) is 1. The van der Waals surface area contributed by atoms with Crippen molar-refractivity contribution in [2.75, 3.05) is 13.7 Å². The lowest BCUT2D eigenvalue weighted by Crippen LogP contribution is -2.35. The predicted octanol–water partition coefficient (Wildman–Crippen LogP) is 6.66. The van der Waals surface area contributed by atoms with Crippen LogP contribution in [0.1, 0.15) is 70.6 Å². The molecule has 3 unspecified atom stereocenters. The van der Waals surface area contributed by atoms with Gasteiger partial charge < -0.3 is 19.1 Å². The Morgan fingerprint density at radius 2 is 1.81 bits per heavy atom. The highest BCUT2D eigenvalue weighted by atomic mass is 33.1. The first-order valence-corrected chi connectivity index (χ1v) is 14.1. The monoisotopic (exact) mass is 484 g/mol. The van der Waals surface area contributed by atoms with Crippen LogP contribution in [-0.2, 0) is 9.05 Å². The highest BCUT2D eigenvalue weighted by molar-refractivity contribution is 8.77. The number of nitriles is 1. The zero-order chi connectivity index (χ0) is 22.7. The van der Waals surface area contributed by atoms with E-state index in [1.807, 2.05) is 33.7 Å². The summed E-state index contributed by atoms with van der Waals surface area (Å²) in [5.74, 6) is 0.879. The summed E-state index contributed by atoms with van der Waals surface area (Å²) in [6.07, 6.45) is 5.55. The largest absolute Gasteiger partial charge is 0.497 e. The SMILES string of the molecule is CC(C)NC(C)C.COc1ccc(C2SSC3(CCCC3)C2OPOCCC#N)cc1. The van der Waals surface area contributed by atoms with Gasteiger partial charge in [-0.3, -0.25) is 0 Å². The molecule has 1 aliphatic heterocycles. The van der Waals surface area contributed by atoms with Crippen molar-refractivity contribution in [1.29, 1.82) is 5.26 Å². The molecule has 2 fully saturated rings. The van der Waals surface area contributed by atoms with Crippen LogP contribution >= 0.6 is 30.6 Å². The highest BCUT2D eigenvalue weighted by Crippen LogP contribution is 2.65. The first kappa shape index (κ1) is 26.8. The summed E-state index contributed by atoms with van der Waals surface area (Å²) in [5, 5.41) is 12.2. The van der Waals surface area contributed by atoms with Crippen LogP contribution in [0.3, 0.4) is 0 Å². The van der Waals surface area contributed by atoms with Gasteiger partial charge in [-0.1, -0.05) is 74.3 Å². The molecule has 0 bridgehead atoms. The lowest BCUT2D eigenvalue weighted by atomic mass is 9.93. The minimum atomic E-state index is 0.00270. The van der Waals surface area contributed by atoms with Gasteiger partial charge in [-0.25, -0.2) is 0 Å². The lowest BCUT2D eigenvalue weighted by Gasteiger charge is -2.31. The summed E-state index contributed by atoms with van der Waals surface area (Å²) in [6, 6.07) is 11.7. The standard InChI is InChI=1S/C17H22NO3PS2.C6H15N/c1-19-14-7-5-13(6-8-14)15-16(21-22-20-12-4-11-18)17(24-23-15)9-2-3-10-17;1-5(2)7-6(3)4/h5-8,15-16,22H,2-4,9-10,12H2,1H3;5-7H,1-4H3. The molecule has 1 saturated heterocycles. The van der Waals surface area contributed by atoms with Gasteiger partial charge >= 0.3 is 0 Å². The van der Waals surface area contributed by atoms with Gasteiger partial charge in [0.25, 0.3) is 0 Å². The van der Waals surface area contributed by atoms with E-state index in [0.717, 1.165) is 5.75 Å². The van der Waals surface area contributed by atoms with Crippen molar-refractivity contribution in [2.45, 2.75) is 88.0 Å². The fourth-order valence-electron chi connectivity index (χ4n) is 3.95. The smallest absolute Gasteiger partial charge is 0.155 e. The zero-order valence-electron chi connectivity index (χ0n) is 19.3. The van der Waals surface area contributed by atoms with Crippen molar-refractivity contribution in [2.24, 2.45) is 0 Å². The van der Waals surface area contributed by atoms with Gasteiger partial charge in [0.15, 0.2) is 9.03 Å². The van der Waals surface area contributed by atoms with Crippen molar-refractivity contribution in [3.05, 3.63) is 29.8 Å². The van der Waals surface area contributed by atoms with Crippen LogP contribution in [0.15, 0.2) is 24.3 Å². The van der Waals surface area contributed by atoms with Gasteiger partial charge in [0, 0.05) is 12.1 Å². The van der Waals surface area contributed by atoms with Crippen LogP contribution in [0, 0.1) is 11.3 Å². The maximum Gasteiger partial charge on any atom is 0.155 e. The molecule has 31 heavy (non-hydrogen) atoms. The Morgan fingerprint density at radius 3 is 2.32 bits per heavy atom. The number of hydrogen-bond acceptors (Lipinski definition) is 7. The summed E-state index contributed by atoms with van der Waals surface area (Å²) in [5.41, 5.74) is 1.28. The Balaban J connectivity index is 0.000000423. The summed E-state index contributed by atoms with van der Waals surface area (Å²) >= 11 is 0. The molecule has 1 N–H and O–H groups in total. The third-order valence-corrected chi connectivity index (χ3v) is 9.60. The molecule has 1 aliphatic carbocycles. The Labute approximate surface area is 198 Å². The summed E-state index contributed by atoms with van der Waals surface area (Å²) in [4.78, 5) is 0. The van der Waals surface area contributed by atoms with E-state index < -0.39 is 0 Å². The van der Waals surface area contributed by atoms with Crippen molar-refractivity contribution in [3.8, 4) is 11.8 Å². The van der Waals surface area contributed by atoms with Crippen LogP contribution in [0.5, 0.6) is 5.75 Å². The first-order valence-electron chi connectivity index (χ1n) is 11.1. The van der Waals surface area contributed by atoms with Gasteiger partial charge in [-0.15, -0.1) is 0 Å². The number of methoxy groups -OCH3 is 1. The number of benzene rings is 1. The molecule has 1 spiro atoms. The molecule has 2 aliphatic rings. The average molecular weight is 485 g/mol. The minimum Gasteiger partial charge on any atom is -0.497 e. The van der Waals surface area contributed by atoms with Crippen LogP contribution in [0.2, 0.25) is 0 Å². The maximum absolute atomic E-state index is 8.59. The van der Waals surface area contributed by atoms with E-state index in [-0.39, 0.29) is 19.9 Å². The van der Waals surface area contributed by atoms with Crippen molar-refractivity contribution >= 4 is 30.6 Å². The number of rotatable bonds is 9. The first-order chi connectivity index (χ1) is 14.9. The minimum absolute atomic E-state index is 0.00270. The van der Waals surface area contributed by atoms with Crippen LogP contribution in [-0.4, -0.2) is 36.7 Å². The molecule has 0 amide bonds. The zero-order valence-corrected chi connectivity index (χ0v) is 22.0. The Bertz CT molecular complexity index is 670. The fraction of sp³-hybridized carbons (Fsp3) is 0.696. The van der Waals surface area contributed by atoms with E-state index in [9.17, 15) is 0 Å². The van der Waals surface area contributed by atoms with Crippen LogP contribution in [0.25, 0.3) is 0 Å². The van der Waals surface area contributed by atoms with Gasteiger partial charge in [-0.05, 0) is 30.5 Å². The molecule has 3 atom stereocenters. The molecular weight excluding hydrogens is 447 g/mol. The van der Waals surface area contributed by atoms with Crippen molar-refractivity contribution in [3.63, 3.8) is 0 Å². The molecule has 5 nitrogen and oxygen atoms in total. The molecular formula is C23H37N2O3PS2. The molecule has 1 aromatic carbocycles. The number of nitrogens with zero attached hydrogens (tertiary/aromatic N) is 1. The van der Waals surface area contributed by atoms with E-state index in [1.54, 1.807) is 7.11 Å². The Kier molecular flexibility index (Phi) is 12.0. The quantitative estimate of drug-likeness (QED) is 0.239. The van der Waals surface area contributed by atoms with Gasteiger partial charge in [-0.2, -0.15) is 5.26 Å². The topological polar surface area (TPSA) is 63.5 Å². The van der Waals surface area contributed by atoms with Crippen molar-refractivity contribution < 1.29 is 13.8 Å². The second kappa shape index (κ2) is 13.9. The lowest BCUT2D eigenvalue weighted by molar-refractivity contribution is 0.153. The average Bonchev–Trinajstić information content (AvgIpc) is 3.35. The molecule has 0 aromatic heterocycles. The highest BCUT2D eigenvalue weighted by Gasteiger charge is 2.53. The number of nitrogens with one attached hydrogen (secondary N) is 1.